The van der Waals surface area contributed by atoms with Crippen molar-refractivity contribution >= 4 is 5.97 Å². The smallest absolute Gasteiger partial charge is 0.329 e. The minimum Gasteiger partial charge on any atom is -0.480 e. The van der Waals surface area contributed by atoms with Gasteiger partial charge in [-0.1, -0.05) is 0 Å². The number of carboxylic acid groups (broad SMARTS) is 1. The van der Waals surface area contributed by atoms with E-state index in [1.807, 2.05) is 0 Å². The maximum atomic E-state index is 10.1. The lowest BCUT2D eigenvalue weighted by Gasteiger charge is -2.22. The molecule has 5 heteroatoms. The predicted molar refractivity (Wildman–Crippen MR) is 57.2 cm³/mol. The molecule has 1 N–H and O–H groups in total. The van der Waals surface area contributed by atoms with Crippen LogP contribution in [0.1, 0.15) is 32.1 Å². The van der Waals surface area contributed by atoms with Crippen molar-refractivity contribution in [1.82, 2.24) is 0 Å². The van der Waals surface area contributed by atoms with Gasteiger partial charge >= 0.3 is 5.97 Å². The second-order valence-electron chi connectivity index (χ2n) is 3.82. The number of unbranched alkanes of at least 4 members (excludes halogenated alkanes) is 1. The first-order valence-electron chi connectivity index (χ1n) is 5.82. The molecule has 0 saturated carbocycles. The lowest BCUT2D eigenvalue weighted by molar-refractivity contribution is -0.163. The normalized spacial score (nSPS) is 20.9. The number of aliphatic carboxylic acids is 1. The molecule has 0 amide bonds. The number of carboxylic acids is 1. The summed E-state index contributed by atoms with van der Waals surface area (Å²) in [6.45, 7) is 1.71. The van der Waals surface area contributed by atoms with Crippen molar-refractivity contribution in [1.29, 1.82) is 0 Å². The maximum Gasteiger partial charge on any atom is 0.329 e. The molecule has 1 heterocycles. The average Bonchev–Trinajstić information content (AvgIpc) is 2.29. The van der Waals surface area contributed by atoms with Gasteiger partial charge in [-0.15, -0.1) is 0 Å². The number of carbonyl (C=O) groups is 1. The van der Waals surface area contributed by atoms with E-state index >= 15 is 0 Å². The van der Waals surface area contributed by atoms with Crippen LogP contribution in [0, 0.1) is 0 Å². The molecule has 16 heavy (non-hydrogen) atoms. The van der Waals surface area contributed by atoms with Gasteiger partial charge in [0.05, 0.1) is 0 Å². The highest BCUT2D eigenvalue weighted by atomic mass is 16.7. The highest BCUT2D eigenvalue weighted by Gasteiger charge is 2.13. The summed E-state index contributed by atoms with van der Waals surface area (Å²) < 4.78 is 15.8. The molecule has 5 nitrogen and oxygen atoms in total. The second kappa shape index (κ2) is 8.50. The molecule has 0 spiro atoms. The Kier molecular flexibility index (Phi) is 7.12. The molecule has 0 aromatic heterocycles. The molecule has 94 valence electrons. The number of rotatable bonds is 8. The molecule has 0 aliphatic carbocycles. The van der Waals surface area contributed by atoms with Crippen LogP contribution >= 0.6 is 0 Å². The van der Waals surface area contributed by atoms with Gasteiger partial charge in [0.2, 0.25) is 0 Å². The molecule has 1 aliphatic rings. The highest BCUT2D eigenvalue weighted by Crippen LogP contribution is 2.13. The number of ether oxygens (including phenoxy) is 3. The van der Waals surface area contributed by atoms with Crippen LogP contribution in [0.25, 0.3) is 0 Å². The van der Waals surface area contributed by atoms with Gasteiger partial charge < -0.3 is 19.3 Å². The van der Waals surface area contributed by atoms with Crippen LogP contribution in [-0.4, -0.2) is 43.8 Å². The van der Waals surface area contributed by atoms with E-state index in [9.17, 15) is 4.79 Å². The Morgan fingerprint density at radius 1 is 1.31 bits per heavy atom. The molecule has 1 saturated heterocycles. The Hall–Kier alpha value is -0.650. The van der Waals surface area contributed by atoms with E-state index in [1.54, 1.807) is 0 Å². The van der Waals surface area contributed by atoms with Gasteiger partial charge in [0.15, 0.2) is 6.29 Å². The zero-order valence-electron chi connectivity index (χ0n) is 9.52. The highest BCUT2D eigenvalue weighted by molar-refractivity contribution is 5.67. The minimum atomic E-state index is -0.924. The van der Waals surface area contributed by atoms with Crippen LogP contribution in [0.15, 0.2) is 0 Å². The Morgan fingerprint density at radius 3 is 2.81 bits per heavy atom. The van der Waals surface area contributed by atoms with E-state index in [1.165, 1.54) is 6.42 Å². The maximum absolute atomic E-state index is 10.1. The lowest BCUT2D eigenvalue weighted by Crippen LogP contribution is -2.22. The standard InChI is InChI=1S/C11H20O5/c12-10(13)9-14-6-3-4-8-16-11-5-1-2-7-15-11/h11H,1-9H2,(H,12,13). The Bertz CT molecular complexity index is 189. The van der Waals surface area contributed by atoms with Crippen molar-refractivity contribution in [3.63, 3.8) is 0 Å². The first-order chi connectivity index (χ1) is 7.79. The molecule has 0 bridgehead atoms. The van der Waals surface area contributed by atoms with Crippen molar-refractivity contribution in [3.05, 3.63) is 0 Å². The third kappa shape index (κ3) is 6.76. The SMILES string of the molecule is O=C(O)COCCCCOC1CCCCO1. The molecule has 1 unspecified atom stereocenters. The van der Waals surface area contributed by atoms with E-state index in [0.717, 1.165) is 32.3 Å². The summed E-state index contributed by atoms with van der Waals surface area (Å²) in [5.74, 6) is -0.924. The van der Waals surface area contributed by atoms with Crippen LogP contribution in [0.5, 0.6) is 0 Å². The van der Waals surface area contributed by atoms with Gasteiger partial charge in [-0.25, -0.2) is 4.79 Å². The fraction of sp³-hybridized carbons (Fsp3) is 0.909. The lowest BCUT2D eigenvalue weighted by atomic mass is 10.2. The predicted octanol–water partition coefficient (Wildman–Crippen LogP) is 1.41. The summed E-state index contributed by atoms with van der Waals surface area (Å²) in [5, 5.41) is 8.32. The summed E-state index contributed by atoms with van der Waals surface area (Å²) >= 11 is 0. The third-order valence-electron chi connectivity index (χ3n) is 2.35. The fourth-order valence-corrected chi connectivity index (χ4v) is 1.52. The zero-order valence-corrected chi connectivity index (χ0v) is 9.52. The van der Waals surface area contributed by atoms with Gasteiger partial charge in [0, 0.05) is 19.8 Å². The monoisotopic (exact) mass is 232 g/mol. The number of hydrogen-bond acceptors (Lipinski definition) is 4. The largest absolute Gasteiger partial charge is 0.480 e. The van der Waals surface area contributed by atoms with Crippen LogP contribution in [-0.2, 0) is 19.0 Å². The summed E-state index contributed by atoms with van der Waals surface area (Å²) in [6.07, 6.45) is 4.94. The summed E-state index contributed by atoms with van der Waals surface area (Å²) in [7, 11) is 0. The van der Waals surface area contributed by atoms with Crippen LogP contribution in [0.4, 0.5) is 0 Å². The molecule has 1 fully saturated rings. The average molecular weight is 232 g/mol. The Morgan fingerprint density at radius 2 is 2.12 bits per heavy atom. The van der Waals surface area contributed by atoms with Gasteiger partial charge in [-0.2, -0.15) is 0 Å². The van der Waals surface area contributed by atoms with Crippen molar-refractivity contribution < 1.29 is 24.1 Å². The van der Waals surface area contributed by atoms with Crippen LogP contribution in [0.2, 0.25) is 0 Å². The molecule has 0 aromatic rings. The molecular weight excluding hydrogens is 212 g/mol. The fourth-order valence-electron chi connectivity index (χ4n) is 1.52. The van der Waals surface area contributed by atoms with Crippen molar-refractivity contribution in [3.8, 4) is 0 Å². The minimum absolute atomic E-state index is 0.0336. The van der Waals surface area contributed by atoms with Crippen LogP contribution < -0.4 is 0 Å². The van der Waals surface area contributed by atoms with Gasteiger partial charge in [0.25, 0.3) is 0 Å². The van der Waals surface area contributed by atoms with E-state index in [4.69, 9.17) is 19.3 Å². The first kappa shape index (κ1) is 13.4. The quantitative estimate of drug-likeness (QED) is 0.641. The Balaban J connectivity index is 1.82. The molecule has 1 aliphatic heterocycles. The summed E-state index contributed by atoms with van der Waals surface area (Å²) in [4.78, 5) is 10.1. The topological polar surface area (TPSA) is 65.0 Å². The Labute approximate surface area is 95.7 Å². The summed E-state index contributed by atoms with van der Waals surface area (Å²) in [5.41, 5.74) is 0. The molecule has 1 rings (SSSR count). The van der Waals surface area contributed by atoms with Crippen molar-refractivity contribution in [2.45, 2.75) is 38.4 Å². The third-order valence-corrected chi connectivity index (χ3v) is 2.35. The van der Waals surface area contributed by atoms with E-state index in [-0.39, 0.29) is 12.9 Å². The summed E-state index contributed by atoms with van der Waals surface area (Å²) in [6, 6.07) is 0. The molecule has 0 aromatic carbocycles. The van der Waals surface area contributed by atoms with Crippen LogP contribution in [0.3, 0.4) is 0 Å². The molecule has 0 radical (unpaired) electrons. The van der Waals surface area contributed by atoms with E-state index in [0.29, 0.717) is 13.2 Å². The van der Waals surface area contributed by atoms with Gasteiger partial charge in [-0.3, -0.25) is 0 Å². The number of hydrogen-bond donors (Lipinski definition) is 1. The van der Waals surface area contributed by atoms with E-state index < -0.39 is 5.97 Å². The first-order valence-corrected chi connectivity index (χ1v) is 5.82. The molecular formula is C11H20O5. The van der Waals surface area contributed by atoms with Crippen molar-refractivity contribution in [2.24, 2.45) is 0 Å². The zero-order chi connectivity index (χ0) is 11.6. The van der Waals surface area contributed by atoms with Gasteiger partial charge in [0.1, 0.15) is 6.61 Å². The van der Waals surface area contributed by atoms with Gasteiger partial charge in [-0.05, 0) is 32.1 Å². The second-order valence-corrected chi connectivity index (χ2v) is 3.82. The molecule has 1 atom stereocenters. The van der Waals surface area contributed by atoms with Crippen molar-refractivity contribution in [2.75, 3.05) is 26.4 Å². The van der Waals surface area contributed by atoms with E-state index in [2.05, 4.69) is 0 Å².